The van der Waals surface area contributed by atoms with Gasteiger partial charge in [0.1, 0.15) is 5.75 Å². The van der Waals surface area contributed by atoms with Crippen LogP contribution in [0, 0.1) is 0 Å². The summed E-state index contributed by atoms with van der Waals surface area (Å²) in [6, 6.07) is 7.39. The Bertz CT molecular complexity index is 392. The maximum absolute atomic E-state index is 5.48. The minimum Gasteiger partial charge on any atom is -0.496 e. The first-order chi connectivity index (χ1) is 9.03. The van der Waals surface area contributed by atoms with Crippen molar-refractivity contribution >= 4 is 0 Å². The van der Waals surface area contributed by atoms with Crippen molar-refractivity contribution in [2.45, 2.75) is 45.8 Å². The monoisotopic (exact) mass is 264 g/mol. The summed E-state index contributed by atoms with van der Waals surface area (Å²) >= 11 is 0. The van der Waals surface area contributed by atoms with E-state index in [1.807, 2.05) is 7.05 Å². The van der Waals surface area contributed by atoms with Gasteiger partial charge in [0.2, 0.25) is 0 Å². The van der Waals surface area contributed by atoms with Crippen LogP contribution in [0.5, 0.6) is 5.75 Å². The number of nitrogens with zero attached hydrogens (tertiary/aromatic N) is 1. The molecule has 0 aromatic heterocycles. The first kappa shape index (κ1) is 16.0. The fourth-order valence-electron chi connectivity index (χ4n) is 2.09. The van der Waals surface area contributed by atoms with Gasteiger partial charge in [-0.05, 0) is 52.1 Å². The highest BCUT2D eigenvalue weighted by molar-refractivity contribution is 5.38. The molecular formula is C16H28N2O. The van der Waals surface area contributed by atoms with Crippen LogP contribution < -0.4 is 10.1 Å². The van der Waals surface area contributed by atoms with E-state index >= 15 is 0 Å². The van der Waals surface area contributed by atoms with Gasteiger partial charge in [-0.25, -0.2) is 0 Å². The second-order valence-corrected chi connectivity index (χ2v) is 5.25. The summed E-state index contributed by atoms with van der Waals surface area (Å²) in [5, 5.41) is 3.28. The number of benzene rings is 1. The molecule has 1 aromatic rings. The van der Waals surface area contributed by atoms with Gasteiger partial charge in [-0.1, -0.05) is 13.0 Å². The van der Waals surface area contributed by atoms with E-state index < -0.39 is 0 Å². The Morgan fingerprint density at radius 2 is 2.00 bits per heavy atom. The van der Waals surface area contributed by atoms with Crippen molar-refractivity contribution in [3.05, 3.63) is 29.3 Å². The fraction of sp³-hybridized carbons (Fsp3) is 0.625. The Morgan fingerprint density at radius 1 is 1.32 bits per heavy atom. The van der Waals surface area contributed by atoms with E-state index in [1.54, 1.807) is 7.11 Å². The number of ether oxygens (including phenoxy) is 1. The number of hydrogen-bond donors (Lipinski definition) is 1. The number of hydrogen-bond acceptors (Lipinski definition) is 3. The summed E-state index contributed by atoms with van der Waals surface area (Å²) < 4.78 is 5.48. The predicted molar refractivity (Wildman–Crippen MR) is 81.7 cm³/mol. The zero-order valence-corrected chi connectivity index (χ0v) is 13.2. The van der Waals surface area contributed by atoms with Crippen molar-refractivity contribution in [1.82, 2.24) is 10.2 Å². The summed E-state index contributed by atoms with van der Waals surface area (Å²) in [7, 11) is 5.89. The molecule has 0 heterocycles. The van der Waals surface area contributed by atoms with Crippen LogP contribution in [0.15, 0.2) is 18.2 Å². The number of rotatable bonds is 7. The second kappa shape index (κ2) is 7.51. The van der Waals surface area contributed by atoms with Crippen LogP contribution in [-0.2, 0) is 6.54 Å². The molecule has 0 fully saturated rings. The lowest BCUT2D eigenvalue weighted by Crippen LogP contribution is -2.28. The highest BCUT2D eigenvalue weighted by Gasteiger charge is 2.13. The summed E-state index contributed by atoms with van der Waals surface area (Å²) in [6.45, 7) is 7.57. The molecule has 0 aliphatic heterocycles. The summed E-state index contributed by atoms with van der Waals surface area (Å²) in [6.07, 6.45) is 1.16. The topological polar surface area (TPSA) is 24.5 Å². The Morgan fingerprint density at radius 3 is 2.53 bits per heavy atom. The van der Waals surface area contributed by atoms with Crippen molar-refractivity contribution in [1.29, 1.82) is 0 Å². The van der Waals surface area contributed by atoms with Crippen LogP contribution in [0.1, 0.15) is 44.4 Å². The third-order valence-corrected chi connectivity index (χ3v) is 4.00. The highest BCUT2D eigenvalue weighted by Crippen LogP contribution is 2.25. The molecule has 0 spiro atoms. The molecule has 3 heteroatoms. The van der Waals surface area contributed by atoms with Crippen molar-refractivity contribution in [3.8, 4) is 5.75 Å². The molecule has 1 rings (SSSR count). The van der Waals surface area contributed by atoms with Crippen LogP contribution in [0.25, 0.3) is 0 Å². The van der Waals surface area contributed by atoms with Gasteiger partial charge in [-0.2, -0.15) is 0 Å². The van der Waals surface area contributed by atoms with Crippen LogP contribution in [-0.4, -0.2) is 32.1 Å². The normalized spacial score (nSPS) is 14.5. The van der Waals surface area contributed by atoms with Gasteiger partial charge >= 0.3 is 0 Å². The van der Waals surface area contributed by atoms with Crippen molar-refractivity contribution < 1.29 is 4.74 Å². The highest BCUT2D eigenvalue weighted by atomic mass is 16.5. The maximum atomic E-state index is 5.48. The largest absolute Gasteiger partial charge is 0.496 e. The van der Waals surface area contributed by atoms with E-state index in [4.69, 9.17) is 4.74 Å². The summed E-state index contributed by atoms with van der Waals surface area (Å²) in [4.78, 5) is 2.37. The average Bonchev–Trinajstić information content (AvgIpc) is 2.45. The van der Waals surface area contributed by atoms with Crippen molar-refractivity contribution in [2.75, 3.05) is 21.2 Å². The summed E-state index contributed by atoms with van der Waals surface area (Å²) in [5.74, 6) is 0.974. The van der Waals surface area contributed by atoms with Crippen LogP contribution in [0.3, 0.4) is 0 Å². The zero-order chi connectivity index (χ0) is 14.4. The quantitative estimate of drug-likeness (QED) is 0.818. The Kier molecular flexibility index (Phi) is 6.32. The SMILES string of the molecule is CCC(C)N(C)Cc1cc(C(C)NC)ccc1OC. The van der Waals surface area contributed by atoms with Gasteiger partial charge in [0.25, 0.3) is 0 Å². The molecule has 19 heavy (non-hydrogen) atoms. The first-order valence-corrected chi connectivity index (χ1v) is 7.07. The first-order valence-electron chi connectivity index (χ1n) is 7.07. The zero-order valence-electron chi connectivity index (χ0n) is 13.2. The molecule has 1 N–H and O–H groups in total. The lowest BCUT2D eigenvalue weighted by Gasteiger charge is -2.25. The van der Waals surface area contributed by atoms with Crippen molar-refractivity contribution in [2.24, 2.45) is 0 Å². The molecule has 0 amide bonds. The molecule has 2 unspecified atom stereocenters. The van der Waals surface area contributed by atoms with Crippen molar-refractivity contribution in [3.63, 3.8) is 0 Å². The lowest BCUT2D eigenvalue weighted by atomic mass is 10.0. The standard InChI is InChI=1S/C16H28N2O/c1-7-12(2)18(5)11-15-10-14(13(3)17-4)8-9-16(15)19-6/h8-10,12-13,17H,7,11H2,1-6H3. The predicted octanol–water partition coefficient (Wildman–Crippen LogP) is 3.21. The molecular weight excluding hydrogens is 236 g/mol. The smallest absolute Gasteiger partial charge is 0.123 e. The number of methoxy groups -OCH3 is 1. The minimum atomic E-state index is 0.360. The Balaban J connectivity index is 2.96. The van der Waals surface area contributed by atoms with Gasteiger partial charge < -0.3 is 10.1 Å². The van der Waals surface area contributed by atoms with E-state index in [-0.39, 0.29) is 0 Å². The molecule has 3 nitrogen and oxygen atoms in total. The molecule has 0 aliphatic carbocycles. The summed E-state index contributed by atoms with van der Waals surface area (Å²) in [5.41, 5.74) is 2.56. The minimum absolute atomic E-state index is 0.360. The molecule has 2 atom stereocenters. The van der Waals surface area contributed by atoms with Gasteiger partial charge in [0.05, 0.1) is 7.11 Å². The van der Waals surface area contributed by atoms with E-state index in [9.17, 15) is 0 Å². The Labute approximate surface area is 118 Å². The molecule has 0 radical (unpaired) electrons. The van der Waals surface area contributed by atoms with E-state index in [1.165, 1.54) is 11.1 Å². The molecule has 108 valence electrons. The fourth-order valence-corrected chi connectivity index (χ4v) is 2.09. The third-order valence-electron chi connectivity index (χ3n) is 4.00. The molecule has 1 aromatic carbocycles. The average molecular weight is 264 g/mol. The van der Waals surface area contributed by atoms with Crippen LogP contribution >= 0.6 is 0 Å². The molecule has 0 bridgehead atoms. The lowest BCUT2D eigenvalue weighted by molar-refractivity contribution is 0.240. The van der Waals surface area contributed by atoms with Gasteiger partial charge in [0, 0.05) is 24.2 Å². The van der Waals surface area contributed by atoms with E-state index in [2.05, 4.69) is 56.2 Å². The molecule has 0 saturated heterocycles. The maximum Gasteiger partial charge on any atom is 0.123 e. The van der Waals surface area contributed by atoms with Crippen LogP contribution in [0.4, 0.5) is 0 Å². The van der Waals surface area contributed by atoms with E-state index in [0.717, 1.165) is 18.7 Å². The molecule has 0 aliphatic rings. The van der Waals surface area contributed by atoms with Gasteiger partial charge in [-0.3, -0.25) is 4.90 Å². The van der Waals surface area contributed by atoms with E-state index in [0.29, 0.717) is 12.1 Å². The van der Waals surface area contributed by atoms with Crippen LogP contribution in [0.2, 0.25) is 0 Å². The Hall–Kier alpha value is -1.06. The van der Waals surface area contributed by atoms with Gasteiger partial charge in [-0.15, -0.1) is 0 Å². The second-order valence-electron chi connectivity index (χ2n) is 5.25. The van der Waals surface area contributed by atoms with Gasteiger partial charge in [0.15, 0.2) is 0 Å². The number of nitrogens with one attached hydrogen (secondary N) is 1. The third kappa shape index (κ3) is 4.22. The molecule has 0 saturated carbocycles.